The van der Waals surface area contributed by atoms with Crippen molar-refractivity contribution in [3.05, 3.63) is 35.4 Å². The Balaban J connectivity index is 3.13. The third-order valence-electron chi connectivity index (χ3n) is 1.62. The zero-order valence-corrected chi connectivity index (χ0v) is 6.94. The second kappa shape index (κ2) is 3.20. The van der Waals surface area contributed by atoms with E-state index in [0.29, 0.717) is 5.56 Å². The first-order valence-corrected chi connectivity index (χ1v) is 3.64. The quantitative estimate of drug-likeness (QED) is 0.653. The van der Waals surface area contributed by atoms with E-state index < -0.39 is 11.7 Å². The molecule has 0 radical (unpaired) electrons. The summed E-state index contributed by atoms with van der Waals surface area (Å²) in [6.45, 7) is 1.45. The molecule has 0 saturated carbocycles. The second-order valence-electron chi connectivity index (χ2n) is 2.70. The summed E-state index contributed by atoms with van der Waals surface area (Å²) in [7, 11) is 0. The lowest BCUT2D eigenvalue weighted by Gasteiger charge is -2.07. The van der Waals surface area contributed by atoms with E-state index in [1.54, 1.807) is 0 Å². The summed E-state index contributed by atoms with van der Waals surface area (Å²) in [4.78, 5) is 0. The van der Waals surface area contributed by atoms with Crippen LogP contribution in [0.2, 0.25) is 0 Å². The van der Waals surface area contributed by atoms with Crippen molar-refractivity contribution in [2.75, 3.05) is 0 Å². The van der Waals surface area contributed by atoms with Crippen LogP contribution in [-0.2, 0) is 6.18 Å². The van der Waals surface area contributed by atoms with Gasteiger partial charge in [-0.3, -0.25) is 0 Å². The molecule has 0 bridgehead atoms. The molecule has 0 aliphatic rings. The predicted octanol–water partition coefficient (Wildman–Crippen LogP) is 3.09. The number of nitrogens with one attached hydrogen (secondary N) is 1. The first-order chi connectivity index (χ1) is 5.91. The number of hydrogen-bond donors (Lipinski definition) is 1. The summed E-state index contributed by atoms with van der Waals surface area (Å²) in [5.41, 5.74) is -0.280. The van der Waals surface area contributed by atoms with Crippen molar-refractivity contribution in [2.24, 2.45) is 0 Å². The first-order valence-electron chi connectivity index (χ1n) is 3.64. The van der Waals surface area contributed by atoms with Crippen molar-refractivity contribution in [2.45, 2.75) is 13.1 Å². The van der Waals surface area contributed by atoms with Gasteiger partial charge in [-0.1, -0.05) is 12.1 Å². The Kier molecular flexibility index (Phi) is 2.40. The molecule has 0 aliphatic carbocycles. The number of rotatable bonds is 1. The van der Waals surface area contributed by atoms with Gasteiger partial charge in [0.05, 0.1) is 5.56 Å². The maximum absolute atomic E-state index is 12.2. The Labute approximate surface area is 73.7 Å². The summed E-state index contributed by atoms with van der Waals surface area (Å²) in [6, 6.07) is 4.75. The van der Waals surface area contributed by atoms with Gasteiger partial charge in [-0.25, -0.2) is 0 Å². The maximum Gasteiger partial charge on any atom is 0.416 e. The molecule has 4 heteroatoms. The van der Waals surface area contributed by atoms with E-state index in [4.69, 9.17) is 5.41 Å². The third kappa shape index (κ3) is 2.31. The third-order valence-corrected chi connectivity index (χ3v) is 1.62. The minimum Gasteiger partial charge on any atom is -0.305 e. The van der Waals surface area contributed by atoms with Gasteiger partial charge >= 0.3 is 6.18 Å². The predicted molar refractivity (Wildman–Crippen MR) is 43.9 cm³/mol. The van der Waals surface area contributed by atoms with Crippen LogP contribution in [0, 0.1) is 5.41 Å². The Morgan fingerprint density at radius 2 is 1.92 bits per heavy atom. The van der Waals surface area contributed by atoms with E-state index >= 15 is 0 Å². The number of benzene rings is 1. The van der Waals surface area contributed by atoms with E-state index in [9.17, 15) is 13.2 Å². The number of hydrogen-bond acceptors (Lipinski definition) is 1. The van der Waals surface area contributed by atoms with Gasteiger partial charge in [0, 0.05) is 5.71 Å². The fraction of sp³-hybridized carbons (Fsp3) is 0.222. The zero-order chi connectivity index (χ0) is 10.1. The normalized spacial score (nSPS) is 11.4. The SMILES string of the molecule is CC(=N)c1cccc(C(F)(F)F)c1. The monoisotopic (exact) mass is 187 g/mol. The molecule has 0 saturated heterocycles. The number of halogens is 3. The van der Waals surface area contributed by atoms with Crippen LogP contribution in [0.3, 0.4) is 0 Å². The van der Waals surface area contributed by atoms with Crippen molar-refractivity contribution in [3.63, 3.8) is 0 Å². The standard InChI is InChI=1S/C9H8F3N/c1-6(13)7-3-2-4-8(5-7)9(10,11)12/h2-5,13H,1H3. The van der Waals surface area contributed by atoms with E-state index in [-0.39, 0.29) is 5.71 Å². The molecule has 0 fully saturated rings. The molecule has 0 spiro atoms. The van der Waals surface area contributed by atoms with Crippen molar-refractivity contribution < 1.29 is 13.2 Å². The molecule has 70 valence electrons. The lowest BCUT2D eigenvalue weighted by atomic mass is 10.1. The summed E-state index contributed by atoms with van der Waals surface area (Å²) in [5, 5.41) is 7.17. The van der Waals surface area contributed by atoms with Gasteiger partial charge in [0.2, 0.25) is 0 Å². The molecule has 0 amide bonds. The second-order valence-corrected chi connectivity index (χ2v) is 2.70. The smallest absolute Gasteiger partial charge is 0.305 e. The highest BCUT2D eigenvalue weighted by Gasteiger charge is 2.30. The molecule has 1 aromatic carbocycles. The van der Waals surface area contributed by atoms with Gasteiger partial charge in [-0.15, -0.1) is 0 Å². The highest BCUT2D eigenvalue weighted by molar-refractivity contribution is 5.96. The van der Waals surface area contributed by atoms with Gasteiger partial charge in [-0.2, -0.15) is 13.2 Å². The molecule has 1 rings (SSSR count). The van der Waals surface area contributed by atoms with E-state index in [1.807, 2.05) is 0 Å². The maximum atomic E-state index is 12.2. The Morgan fingerprint density at radius 1 is 1.31 bits per heavy atom. The molecular formula is C9H8F3N. The van der Waals surface area contributed by atoms with Gasteiger partial charge in [0.1, 0.15) is 0 Å². The molecular weight excluding hydrogens is 179 g/mol. The Bertz CT molecular complexity index is 328. The average Bonchev–Trinajstić information content (AvgIpc) is 2.03. The molecule has 1 aromatic rings. The van der Waals surface area contributed by atoms with Crippen LogP contribution < -0.4 is 0 Å². The van der Waals surface area contributed by atoms with Crippen molar-refractivity contribution in [1.29, 1.82) is 5.41 Å². The summed E-state index contributed by atoms with van der Waals surface area (Å²) < 4.78 is 36.5. The van der Waals surface area contributed by atoms with Crippen LogP contribution >= 0.6 is 0 Å². The van der Waals surface area contributed by atoms with Crippen LogP contribution in [0.1, 0.15) is 18.1 Å². The van der Waals surface area contributed by atoms with Gasteiger partial charge < -0.3 is 5.41 Å². The van der Waals surface area contributed by atoms with Crippen molar-refractivity contribution in [1.82, 2.24) is 0 Å². The summed E-state index contributed by atoms with van der Waals surface area (Å²) in [5.74, 6) is 0. The minimum atomic E-state index is -4.33. The molecule has 13 heavy (non-hydrogen) atoms. The zero-order valence-electron chi connectivity index (χ0n) is 6.94. The van der Waals surface area contributed by atoms with Crippen LogP contribution in [-0.4, -0.2) is 5.71 Å². The largest absolute Gasteiger partial charge is 0.416 e. The first kappa shape index (κ1) is 9.77. The molecule has 0 unspecified atom stereocenters. The molecule has 1 nitrogen and oxygen atoms in total. The van der Waals surface area contributed by atoms with E-state index in [1.165, 1.54) is 19.1 Å². The minimum absolute atomic E-state index is 0.131. The van der Waals surface area contributed by atoms with Crippen LogP contribution in [0.15, 0.2) is 24.3 Å². The fourth-order valence-electron chi connectivity index (χ4n) is 0.929. The van der Waals surface area contributed by atoms with Crippen LogP contribution in [0.4, 0.5) is 13.2 Å². The Morgan fingerprint density at radius 3 is 2.38 bits per heavy atom. The fourth-order valence-corrected chi connectivity index (χ4v) is 0.929. The molecule has 0 aromatic heterocycles. The van der Waals surface area contributed by atoms with Gasteiger partial charge in [0.15, 0.2) is 0 Å². The van der Waals surface area contributed by atoms with Crippen LogP contribution in [0.25, 0.3) is 0 Å². The highest BCUT2D eigenvalue weighted by Crippen LogP contribution is 2.29. The highest BCUT2D eigenvalue weighted by atomic mass is 19.4. The average molecular weight is 187 g/mol. The number of alkyl halides is 3. The van der Waals surface area contributed by atoms with Crippen molar-refractivity contribution in [3.8, 4) is 0 Å². The topological polar surface area (TPSA) is 23.9 Å². The van der Waals surface area contributed by atoms with Gasteiger partial charge in [-0.05, 0) is 24.6 Å². The van der Waals surface area contributed by atoms with Crippen molar-refractivity contribution >= 4 is 5.71 Å². The molecule has 1 N–H and O–H groups in total. The molecule has 0 heterocycles. The van der Waals surface area contributed by atoms with Gasteiger partial charge in [0.25, 0.3) is 0 Å². The Hall–Kier alpha value is -1.32. The van der Waals surface area contributed by atoms with Crippen LogP contribution in [0.5, 0.6) is 0 Å². The summed E-state index contributed by atoms with van der Waals surface area (Å²) >= 11 is 0. The van der Waals surface area contributed by atoms with E-state index in [0.717, 1.165) is 12.1 Å². The lowest BCUT2D eigenvalue weighted by molar-refractivity contribution is -0.137. The molecule has 0 aliphatic heterocycles. The lowest BCUT2D eigenvalue weighted by Crippen LogP contribution is -2.06. The molecule has 0 atom stereocenters. The van der Waals surface area contributed by atoms with E-state index in [2.05, 4.69) is 0 Å². The summed E-state index contributed by atoms with van der Waals surface area (Å²) in [6.07, 6.45) is -4.33.